The second kappa shape index (κ2) is 14.2. The molecule has 3 heteroatoms. The van der Waals surface area contributed by atoms with Crippen LogP contribution in [0.5, 0.6) is 0 Å². The number of aromatic nitrogens is 2. The van der Waals surface area contributed by atoms with Gasteiger partial charge in [0.05, 0.1) is 22.6 Å². The molecule has 8 aromatic rings. The summed E-state index contributed by atoms with van der Waals surface area (Å²) in [4.78, 5) is 13.1. The van der Waals surface area contributed by atoms with Crippen LogP contribution in [0.4, 0.5) is 17.1 Å². The number of anilines is 3. The van der Waals surface area contributed by atoms with Crippen LogP contribution in [0.15, 0.2) is 188 Å². The second-order valence-electron chi connectivity index (χ2n) is 14.4. The Morgan fingerprint density at radius 3 is 2.00 bits per heavy atom. The first-order valence-electron chi connectivity index (χ1n) is 19.3. The van der Waals surface area contributed by atoms with Gasteiger partial charge in [-0.05, 0) is 113 Å². The zero-order valence-corrected chi connectivity index (χ0v) is 30.6. The predicted octanol–water partition coefficient (Wildman–Crippen LogP) is 14.2. The highest BCUT2D eigenvalue weighted by Gasteiger charge is 2.20. The monoisotopic (exact) mass is 705 g/mol. The van der Waals surface area contributed by atoms with Gasteiger partial charge in [-0.2, -0.15) is 0 Å². The van der Waals surface area contributed by atoms with E-state index >= 15 is 0 Å². The van der Waals surface area contributed by atoms with Gasteiger partial charge in [0.25, 0.3) is 0 Å². The molecule has 0 unspecified atom stereocenters. The lowest BCUT2D eigenvalue weighted by Crippen LogP contribution is -2.09. The van der Waals surface area contributed by atoms with E-state index in [-0.39, 0.29) is 0 Å². The third-order valence-corrected chi connectivity index (χ3v) is 10.9. The summed E-state index contributed by atoms with van der Waals surface area (Å²) < 4.78 is 0. The topological polar surface area (TPSA) is 29.0 Å². The molecule has 0 N–H and O–H groups in total. The van der Waals surface area contributed by atoms with E-state index in [2.05, 4.69) is 193 Å². The van der Waals surface area contributed by atoms with Crippen molar-refractivity contribution >= 4 is 60.7 Å². The number of pyridine rings is 2. The predicted molar refractivity (Wildman–Crippen MR) is 233 cm³/mol. The van der Waals surface area contributed by atoms with Gasteiger partial charge in [0.1, 0.15) is 0 Å². The number of para-hydroxylation sites is 2. The van der Waals surface area contributed by atoms with Crippen molar-refractivity contribution in [1.82, 2.24) is 9.97 Å². The number of hydrogen-bond donors (Lipinski definition) is 0. The van der Waals surface area contributed by atoms with Crippen molar-refractivity contribution < 1.29 is 0 Å². The quantitative estimate of drug-likeness (QED) is 0.155. The van der Waals surface area contributed by atoms with E-state index in [0.29, 0.717) is 0 Å². The zero-order valence-electron chi connectivity index (χ0n) is 30.6. The van der Waals surface area contributed by atoms with Crippen LogP contribution in [0.2, 0.25) is 0 Å². The summed E-state index contributed by atoms with van der Waals surface area (Å²) in [6.45, 7) is 0. The van der Waals surface area contributed by atoms with Gasteiger partial charge in [-0.1, -0.05) is 134 Å². The summed E-state index contributed by atoms with van der Waals surface area (Å²) in [6.07, 6.45) is 17.6. The smallest absolute Gasteiger partial charge is 0.0788 e. The number of fused-ring (bicyclic) bond motifs is 5. The van der Waals surface area contributed by atoms with Gasteiger partial charge in [0.2, 0.25) is 0 Å². The van der Waals surface area contributed by atoms with Crippen molar-refractivity contribution in [3.63, 3.8) is 0 Å². The second-order valence-corrected chi connectivity index (χ2v) is 14.4. The number of benzene rings is 6. The molecule has 0 saturated carbocycles. The lowest BCUT2D eigenvalue weighted by Gasteiger charge is -2.26. The van der Waals surface area contributed by atoms with Crippen LogP contribution in [0, 0.1) is 0 Å². The van der Waals surface area contributed by atoms with Gasteiger partial charge in [-0.3, -0.25) is 0 Å². The summed E-state index contributed by atoms with van der Waals surface area (Å²) >= 11 is 0. The Labute approximate surface area is 322 Å². The molecule has 55 heavy (non-hydrogen) atoms. The fourth-order valence-electron chi connectivity index (χ4n) is 8.27. The van der Waals surface area contributed by atoms with Gasteiger partial charge >= 0.3 is 0 Å². The summed E-state index contributed by atoms with van der Waals surface area (Å²) in [7, 11) is 0. The summed E-state index contributed by atoms with van der Waals surface area (Å²) in [5, 5.41) is 5.88. The van der Waals surface area contributed by atoms with Crippen LogP contribution in [0.25, 0.3) is 66.0 Å². The number of hydrogen-bond acceptors (Lipinski definition) is 3. The molecule has 0 saturated heterocycles. The highest BCUT2D eigenvalue weighted by atomic mass is 15.1. The third-order valence-electron chi connectivity index (χ3n) is 10.9. The SMILES string of the molecule is C1=CCCC(c2cc(-c3cccc4ccc5c(-c6ccccc6)nc6ccc(N(c7ccccc7)c7ccccc7)cc6c5c34)cc(C3=CCCC=C3)n2)=C1. The molecule has 3 nitrogen and oxygen atoms in total. The maximum Gasteiger partial charge on any atom is 0.0788 e. The van der Waals surface area contributed by atoms with Crippen molar-refractivity contribution in [2.75, 3.05) is 4.90 Å². The number of allylic oxidation sites excluding steroid dienone is 8. The van der Waals surface area contributed by atoms with Crippen molar-refractivity contribution in [2.45, 2.75) is 25.7 Å². The fraction of sp³-hybridized carbons (Fsp3) is 0.0769. The summed E-state index contributed by atoms with van der Waals surface area (Å²) in [5.41, 5.74) is 13.3. The van der Waals surface area contributed by atoms with Crippen molar-refractivity contribution in [2.24, 2.45) is 0 Å². The molecule has 2 aliphatic carbocycles. The maximum absolute atomic E-state index is 5.42. The minimum atomic E-state index is 0.964. The first-order chi connectivity index (χ1) is 27.3. The van der Waals surface area contributed by atoms with Crippen LogP contribution in [-0.4, -0.2) is 9.97 Å². The third kappa shape index (κ3) is 6.14. The standard InChI is InChI=1S/C52H39N3/c1-6-17-36(18-7-1)48-33-40(34-49(53-48)37-19-8-2-9-20-37)44-28-16-23-38-29-31-45-51(50(38)44)46-35-43(30-32-47(46)54-52(45)39-21-10-3-11-22-39)55(41-24-12-4-13-25-41)42-26-14-5-15-27-42/h1,3-6,8,10-17,19-35H,2,7,9,18H2. The number of nitrogens with zero attached hydrogens (tertiary/aromatic N) is 3. The normalized spacial score (nSPS) is 14.0. The fourth-order valence-corrected chi connectivity index (χ4v) is 8.27. The molecule has 2 aliphatic rings. The lowest BCUT2D eigenvalue weighted by atomic mass is 9.89. The van der Waals surface area contributed by atoms with Gasteiger partial charge in [0.15, 0.2) is 0 Å². The Morgan fingerprint density at radius 2 is 1.27 bits per heavy atom. The molecular formula is C52H39N3. The molecule has 0 fully saturated rings. The summed E-state index contributed by atoms with van der Waals surface area (Å²) in [5.74, 6) is 0. The molecule has 0 radical (unpaired) electrons. The van der Waals surface area contributed by atoms with Gasteiger partial charge < -0.3 is 4.90 Å². The number of rotatable bonds is 7. The highest BCUT2D eigenvalue weighted by molar-refractivity contribution is 6.26. The molecule has 10 rings (SSSR count). The Hall–Kier alpha value is -6.84. The molecule has 0 aliphatic heterocycles. The molecule has 0 spiro atoms. The van der Waals surface area contributed by atoms with E-state index in [9.17, 15) is 0 Å². The molecule has 2 aromatic heterocycles. The minimum Gasteiger partial charge on any atom is -0.310 e. The lowest BCUT2D eigenvalue weighted by molar-refractivity contribution is 1.03. The zero-order chi connectivity index (χ0) is 36.6. The Kier molecular flexibility index (Phi) is 8.46. The molecule has 262 valence electrons. The Morgan fingerprint density at radius 1 is 0.509 bits per heavy atom. The van der Waals surface area contributed by atoms with E-state index in [4.69, 9.17) is 9.97 Å². The van der Waals surface area contributed by atoms with Gasteiger partial charge in [-0.25, -0.2) is 9.97 Å². The molecule has 2 heterocycles. The van der Waals surface area contributed by atoms with Crippen LogP contribution >= 0.6 is 0 Å². The van der Waals surface area contributed by atoms with Crippen molar-refractivity contribution in [3.05, 3.63) is 200 Å². The van der Waals surface area contributed by atoms with E-state index in [0.717, 1.165) is 81.7 Å². The first-order valence-corrected chi connectivity index (χ1v) is 19.3. The average molecular weight is 706 g/mol. The molecule has 0 amide bonds. The molecular weight excluding hydrogens is 667 g/mol. The summed E-state index contributed by atoms with van der Waals surface area (Å²) in [6, 6.07) is 54.5. The van der Waals surface area contributed by atoms with E-state index in [1.54, 1.807) is 0 Å². The Bertz CT molecular complexity index is 2810. The Balaban J connectivity index is 1.29. The van der Waals surface area contributed by atoms with Crippen LogP contribution in [0.3, 0.4) is 0 Å². The van der Waals surface area contributed by atoms with Crippen LogP contribution < -0.4 is 4.90 Å². The molecule has 6 aromatic carbocycles. The van der Waals surface area contributed by atoms with Crippen LogP contribution in [0.1, 0.15) is 37.1 Å². The molecule has 0 bridgehead atoms. The largest absolute Gasteiger partial charge is 0.310 e. The van der Waals surface area contributed by atoms with E-state index < -0.39 is 0 Å². The van der Waals surface area contributed by atoms with Crippen molar-refractivity contribution in [1.29, 1.82) is 0 Å². The van der Waals surface area contributed by atoms with Crippen molar-refractivity contribution in [3.8, 4) is 22.4 Å². The van der Waals surface area contributed by atoms with E-state index in [1.165, 1.54) is 38.4 Å². The first kappa shape index (κ1) is 32.8. The molecule has 0 atom stereocenters. The van der Waals surface area contributed by atoms with Crippen LogP contribution in [-0.2, 0) is 0 Å². The van der Waals surface area contributed by atoms with Gasteiger partial charge in [0, 0.05) is 38.8 Å². The minimum absolute atomic E-state index is 0.964. The maximum atomic E-state index is 5.42. The van der Waals surface area contributed by atoms with Gasteiger partial charge in [-0.15, -0.1) is 0 Å². The highest BCUT2D eigenvalue weighted by Crippen LogP contribution is 2.44. The average Bonchev–Trinajstić information content (AvgIpc) is 3.27. The van der Waals surface area contributed by atoms with E-state index in [1.807, 2.05) is 0 Å².